The molecule has 0 saturated carbocycles. The molecular weight excluding hydrogens is 308 g/mol. The van der Waals surface area contributed by atoms with E-state index < -0.39 is 5.97 Å². The number of rotatable bonds is 4. The van der Waals surface area contributed by atoms with E-state index in [9.17, 15) is 4.79 Å². The predicted octanol–water partition coefficient (Wildman–Crippen LogP) is 3.93. The molecule has 114 valence electrons. The van der Waals surface area contributed by atoms with Gasteiger partial charge < -0.3 is 5.11 Å². The molecule has 0 radical (unpaired) electrons. The molecule has 2 aromatic heterocycles. The quantitative estimate of drug-likeness (QED) is 0.619. The fourth-order valence-electron chi connectivity index (χ4n) is 2.85. The smallest absolute Gasteiger partial charge is 0.309 e. The molecule has 5 heteroatoms. The normalized spacial score (nSPS) is 11.3. The first-order valence-electron chi connectivity index (χ1n) is 7.34. The standard InChI is InChI=1S/C18H14N2O2S/c21-18(22)10-15-14-6-2-3-7-16(14)20(19-15)11-13-9-12-5-1-4-8-17(12)23-13/h1-9H,10-11H2,(H,21,22). The van der Waals surface area contributed by atoms with Gasteiger partial charge in [0.05, 0.1) is 24.2 Å². The summed E-state index contributed by atoms with van der Waals surface area (Å²) in [5, 5.41) is 15.8. The van der Waals surface area contributed by atoms with Crippen LogP contribution < -0.4 is 0 Å². The van der Waals surface area contributed by atoms with Gasteiger partial charge in [0.25, 0.3) is 0 Å². The minimum absolute atomic E-state index is 0.0556. The molecule has 4 aromatic rings. The van der Waals surface area contributed by atoms with Gasteiger partial charge in [0.1, 0.15) is 0 Å². The number of nitrogens with zero attached hydrogens (tertiary/aromatic N) is 2. The van der Waals surface area contributed by atoms with Crippen LogP contribution in [0.4, 0.5) is 0 Å². The van der Waals surface area contributed by atoms with E-state index >= 15 is 0 Å². The fourth-order valence-corrected chi connectivity index (χ4v) is 3.90. The molecule has 0 aliphatic carbocycles. The molecule has 4 rings (SSSR count). The number of hydrogen-bond acceptors (Lipinski definition) is 3. The third kappa shape index (κ3) is 2.59. The third-order valence-corrected chi connectivity index (χ3v) is 4.94. The zero-order valence-electron chi connectivity index (χ0n) is 12.3. The van der Waals surface area contributed by atoms with Crippen molar-refractivity contribution in [3.05, 3.63) is 65.2 Å². The lowest BCUT2D eigenvalue weighted by molar-refractivity contribution is -0.136. The van der Waals surface area contributed by atoms with E-state index in [2.05, 4.69) is 23.3 Å². The maximum Gasteiger partial charge on any atom is 0.309 e. The second-order valence-electron chi connectivity index (χ2n) is 5.44. The zero-order valence-corrected chi connectivity index (χ0v) is 13.1. The van der Waals surface area contributed by atoms with E-state index in [4.69, 9.17) is 5.11 Å². The first-order valence-corrected chi connectivity index (χ1v) is 8.16. The molecule has 23 heavy (non-hydrogen) atoms. The van der Waals surface area contributed by atoms with Gasteiger partial charge in [0.15, 0.2) is 0 Å². The van der Waals surface area contributed by atoms with E-state index in [-0.39, 0.29) is 6.42 Å². The van der Waals surface area contributed by atoms with Crippen molar-refractivity contribution in [1.29, 1.82) is 0 Å². The molecule has 0 spiro atoms. The molecule has 0 bridgehead atoms. The molecule has 1 N–H and O–H groups in total. The molecule has 0 saturated heterocycles. The van der Waals surface area contributed by atoms with E-state index in [1.54, 1.807) is 11.3 Å². The van der Waals surface area contributed by atoms with Gasteiger partial charge in [-0.1, -0.05) is 36.4 Å². The number of hydrogen-bond donors (Lipinski definition) is 1. The molecule has 2 aromatic carbocycles. The highest BCUT2D eigenvalue weighted by Crippen LogP contribution is 2.27. The summed E-state index contributed by atoms with van der Waals surface area (Å²) in [6.45, 7) is 0.652. The molecule has 2 heterocycles. The Hall–Kier alpha value is -2.66. The van der Waals surface area contributed by atoms with Crippen molar-refractivity contribution in [2.24, 2.45) is 0 Å². The van der Waals surface area contributed by atoms with E-state index in [1.807, 2.05) is 41.1 Å². The van der Waals surface area contributed by atoms with Crippen LogP contribution in [-0.2, 0) is 17.8 Å². The lowest BCUT2D eigenvalue weighted by Gasteiger charge is -2.00. The lowest BCUT2D eigenvalue weighted by atomic mass is 10.2. The van der Waals surface area contributed by atoms with Crippen molar-refractivity contribution in [2.75, 3.05) is 0 Å². The van der Waals surface area contributed by atoms with Gasteiger partial charge in [-0.05, 0) is 23.6 Å². The zero-order chi connectivity index (χ0) is 15.8. The van der Waals surface area contributed by atoms with Crippen LogP contribution >= 0.6 is 11.3 Å². The highest BCUT2D eigenvalue weighted by Gasteiger charge is 2.13. The van der Waals surface area contributed by atoms with Crippen LogP contribution in [-0.4, -0.2) is 20.9 Å². The Morgan fingerprint density at radius 1 is 1.13 bits per heavy atom. The molecule has 0 unspecified atom stereocenters. The largest absolute Gasteiger partial charge is 0.481 e. The van der Waals surface area contributed by atoms with Crippen molar-refractivity contribution in [1.82, 2.24) is 9.78 Å². The summed E-state index contributed by atoms with van der Waals surface area (Å²) >= 11 is 1.75. The Kier molecular flexibility index (Phi) is 3.35. The Morgan fingerprint density at radius 2 is 1.91 bits per heavy atom. The van der Waals surface area contributed by atoms with Crippen LogP contribution in [0, 0.1) is 0 Å². The van der Waals surface area contributed by atoms with E-state index in [0.29, 0.717) is 12.2 Å². The molecule has 0 amide bonds. The summed E-state index contributed by atoms with van der Waals surface area (Å²) in [5.41, 5.74) is 1.59. The first kappa shape index (κ1) is 14.0. The van der Waals surface area contributed by atoms with Crippen LogP contribution in [0.1, 0.15) is 10.6 Å². The number of thiophene rings is 1. The summed E-state index contributed by atoms with van der Waals surface area (Å²) in [6.07, 6.45) is -0.0556. The van der Waals surface area contributed by atoms with Crippen LogP contribution in [0.15, 0.2) is 54.6 Å². The van der Waals surface area contributed by atoms with Gasteiger partial charge in [-0.15, -0.1) is 11.3 Å². The topological polar surface area (TPSA) is 55.1 Å². The number of benzene rings is 2. The van der Waals surface area contributed by atoms with Crippen molar-refractivity contribution >= 4 is 38.3 Å². The summed E-state index contributed by atoms with van der Waals surface area (Å²) in [7, 11) is 0. The fraction of sp³-hybridized carbons (Fsp3) is 0.111. The van der Waals surface area contributed by atoms with Crippen molar-refractivity contribution in [3.8, 4) is 0 Å². The molecule has 0 aliphatic rings. The molecule has 0 atom stereocenters. The number of para-hydroxylation sites is 1. The van der Waals surface area contributed by atoms with E-state index in [1.165, 1.54) is 15.0 Å². The van der Waals surface area contributed by atoms with Crippen LogP contribution in [0.3, 0.4) is 0 Å². The minimum Gasteiger partial charge on any atom is -0.481 e. The number of aliphatic carboxylic acids is 1. The molecule has 4 nitrogen and oxygen atoms in total. The first-order chi connectivity index (χ1) is 11.2. The van der Waals surface area contributed by atoms with Crippen molar-refractivity contribution < 1.29 is 9.90 Å². The lowest BCUT2D eigenvalue weighted by Crippen LogP contribution is -2.04. The highest BCUT2D eigenvalue weighted by atomic mass is 32.1. The van der Waals surface area contributed by atoms with Crippen molar-refractivity contribution in [2.45, 2.75) is 13.0 Å². The summed E-state index contributed by atoms with van der Waals surface area (Å²) in [5.74, 6) is -0.859. The van der Waals surface area contributed by atoms with Gasteiger partial charge in [-0.25, -0.2) is 0 Å². The van der Waals surface area contributed by atoms with Gasteiger partial charge in [0, 0.05) is 15.0 Å². The number of aromatic nitrogens is 2. The molecule has 0 aliphatic heterocycles. The molecular formula is C18H14N2O2S. The predicted molar refractivity (Wildman–Crippen MR) is 92.0 cm³/mol. The number of carbonyl (C=O) groups is 1. The number of carboxylic acids is 1. The van der Waals surface area contributed by atoms with Crippen LogP contribution in [0.5, 0.6) is 0 Å². The summed E-state index contributed by atoms with van der Waals surface area (Å²) < 4.78 is 3.16. The Bertz CT molecular complexity index is 983. The monoisotopic (exact) mass is 322 g/mol. The maximum atomic E-state index is 11.1. The Balaban J connectivity index is 1.77. The molecule has 0 fully saturated rings. The van der Waals surface area contributed by atoms with E-state index in [0.717, 1.165) is 10.9 Å². The SMILES string of the molecule is O=C(O)Cc1nn(Cc2cc3ccccc3s2)c2ccccc12. The van der Waals surface area contributed by atoms with Gasteiger partial charge >= 0.3 is 5.97 Å². The third-order valence-electron chi connectivity index (χ3n) is 3.84. The van der Waals surface area contributed by atoms with Crippen LogP contribution in [0.25, 0.3) is 21.0 Å². The summed E-state index contributed by atoms with van der Waals surface area (Å²) in [6, 6.07) is 18.3. The Labute approximate surface area is 136 Å². The van der Waals surface area contributed by atoms with Crippen molar-refractivity contribution in [3.63, 3.8) is 0 Å². The summed E-state index contributed by atoms with van der Waals surface area (Å²) in [4.78, 5) is 12.3. The second kappa shape index (κ2) is 5.52. The maximum absolute atomic E-state index is 11.1. The minimum atomic E-state index is -0.859. The van der Waals surface area contributed by atoms with Gasteiger partial charge in [-0.2, -0.15) is 5.10 Å². The second-order valence-corrected chi connectivity index (χ2v) is 6.61. The Morgan fingerprint density at radius 3 is 2.74 bits per heavy atom. The van der Waals surface area contributed by atoms with Crippen LogP contribution in [0.2, 0.25) is 0 Å². The van der Waals surface area contributed by atoms with Gasteiger partial charge in [0.2, 0.25) is 0 Å². The number of carboxylic acid groups (broad SMARTS) is 1. The highest BCUT2D eigenvalue weighted by molar-refractivity contribution is 7.19. The number of fused-ring (bicyclic) bond motifs is 2. The van der Waals surface area contributed by atoms with Gasteiger partial charge in [-0.3, -0.25) is 9.48 Å². The average molecular weight is 322 g/mol. The average Bonchev–Trinajstić information content (AvgIpc) is 3.09.